The molecule has 0 saturated heterocycles. The highest BCUT2D eigenvalue weighted by Crippen LogP contribution is 2.22. The Morgan fingerprint density at radius 1 is 1.44 bits per heavy atom. The molecule has 2 rings (SSSR count). The summed E-state index contributed by atoms with van der Waals surface area (Å²) >= 11 is 0. The molecule has 0 saturated carbocycles. The fraction of sp³-hybridized carbons (Fsp3) is 0.167. The van der Waals surface area contributed by atoms with Crippen molar-refractivity contribution in [2.24, 2.45) is 0 Å². The first-order valence-corrected chi connectivity index (χ1v) is 4.89. The second kappa shape index (κ2) is 4.18. The minimum atomic E-state index is -0.912. The number of carboxylic acid groups (broad SMARTS) is 1. The van der Waals surface area contributed by atoms with Crippen LogP contribution in [0.25, 0.3) is 11.5 Å². The van der Waals surface area contributed by atoms with Gasteiger partial charge in [-0.1, -0.05) is 18.2 Å². The SMILES string of the molecule is Cc1ccccc1-c1nc(CC(=O)O)co1. The van der Waals surface area contributed by atoms with Crippen molar-refractivity contribution >= 4 is 5.97 Å². The number of aromatic nitrogens is 1. The van der Waals surface area contributed by atoms with Gasteiger partial charge in [0.25, 0.3) is 0 Å². The van der Waals surface area contributed by atoms with Gasteiger partial charge in [0, 0.05) is 5.56 Å². The van der Waals surface area contributed by atoms with Crippen LogP contribution in [0.5, 0.6) is 0 Å². The molecule has 0 fully saturated rings. The lowest BCUT2D eigenvalue weighted by molar-refractivity contribution is -0.136. The van der Waals surface area contributed by atoms with Gasteiger partial charge in [-0.25, -0.2) is 4.98 Å². The summed E-state index contributed by atoms with van der Waals surface area (Å²) in [7, 11) is 0. The van der Waals surface area contributed by atoms with Gasteiger partial charge in [-0.05, 0) is 18.6 Å². The highest BCUT2D eigenvalue weighted by atomic mass is 16.4. The highest BCUT2D eigenvalue weighted by molar-refractivity contribution is 5.69. The molecule has 4 nitrogen and oxygen atoms in total. The zero-order chi connectivity index (χ0) is 11.5. The normalized spacial score (nSPS) is 10.3. The van der Waals surface area contributed by atoms with Crippen molar-refractivity contribution in [3.8, 4) is 11.5 Å². The van der Waals surface area contributed by atoms with Crippen molar-refractivity contribution < 1.29 is 14.3 Å². The lowest BCUT2D eigenvalue weighted by atomic mass is 10.1. The molecule has 16 heavy (non-hydrogen) atoms. The molecule has 1 heterocycles. The van der Waals surface area contributed by atoms with Crippen LogP contribution in [-0.2, 0) is 11.2 Å². The van der Waals surface area contributed by atoms with Crippen molar-refractivity contribution in [2.45, 2.75) is 13.3 Å². The number of nitrogens with zero attached hydrogens (tertiary/aromatic N) is 1. The molecule has 0 aliphatic carbocycles. The Morgan fingerprint density at radius 2 is 2.19 bits per heavy atom. The fourth-order valence-corrected chi connectivity index (χ4v) is 1.48. The van der Waals surface area contributed by atoms with E-state index in [0.29, 0.717) is 11.6 Å². The second-order valence-corrected chi connectivity index (χ2v) is 3.53. The van der Waals surface area contributed by atoms with Crippen molar-refractivity contribution in [3.05, 3.63) is 41.8 Å². The maximum Gasteiger partial charge on any atom is 0.309 e. The lowest BCUT2D eigenvalue weighted by Gasteiger charge is -1.98. The number of benzene rings is 1. The summed E-state index contributed by atoms with van der Waals surface area (Å²) in [6.07, 6.45) is 1.27. The number of aryl methyl sites for hydroxylation is 1. The van der Waals surface area contributed by atoms with E-state index < -0.39 is 5.97 Å². The summed E-state index contributed by atoms with van der Waals surface area (Å²) in [5, 5.41) is 8.62. The summed E-state index contributed by atoms with van der Waals surface area (Å²) in [6.45, 7) is 1.95. The zero-order valence-electron chi connectivity index (χ0n) is 8.80. The molecule has 0 aliphatic rings. The fourth-order valence-electron chi connectivity index (χ4n) is 1.48. The van der Waals surface area contributed by atoms with Gasteiger partial charge in [-0.2, -0.15) is 0 Å². The van der Waals surface area contributed by atoms with E-state index >= 15 is 0 Å². The van der Waals surface area contributed by atoms with Crippen molar-refractivity contribution in [3.63, 3.8) is 0 Å². The van der Waals surface area contributed by atoms with E-state index in [4.69, 9.17) is 9.52 Å². The van der Waals surface area contributed by atoms with Crippen LogP contribution in [0.3, 0.4) is 0 Å². The molecule has 0 unspecified atom stereocenters. The van der Waals surface area contributed by atoms with E-state index in [2.05, 4.69) is 4.98 Å². The Kier molecular flexibility index (Phi) is 2.72. The van der Waals surface area contributed by atoms with E-state index in [-0.39, 0.29) is 6.42 Å². The molecular formula is C12H11NO3. The third-order valence-electron chi connectivity index (χ3n) is 2.26. The number of oxazole rings is 1. The van der Waals surface area contributed by atoms with Crippen molar-refractivity contribution in [1.29, 1.82) is 0 Å². The van der Waals surface area contributed by atoms with Gasteiger partial charge in [0.15, 0.2) is 0 Å². The molecule has 0 bridgehead atoms. The molecule has 1 N–H and O–H groups in total. The quantitative estimate of drug-likeness (QED) is 0.856. The van der Waals surface area contributed by atoms with Crippen molar-refractivity contribution in [2.75, 3.05) is 0 Å². The summed E-state index contributed by atoms with van der Waals surface area (Å²) < 4.78 is 5.26. The summed E-state index contributed by atoms with van der Waals surface area (Å²) in [5.41, 5.74) is 2.37. The summed E-state index contributed by atoms with van der Waals surface area (Å²) in [6, 6.07) is 7.67. The van der Waals surface area contributed by atoms with E-state index in [1.165, 1.54) is 6.26 Å². The average Bonchev–Trinajstić information content (AvgIpc) is 2.66. The Hall–Kier alpha value is -2.10. The van der Waals surface area contributed by atoms with Gasteiger partial charge >= 0.3 is 5.97 Å². The summed E-state index contributed by atoms with van der Waals surface area (Å²) in [4.78, 5) is 14.6. The predicted molar refractivity (Wildman–Crippen MR) is 58.0 cm³/mol. The Balaban J connectivity index is 2.32. The van der Waals surface area contributed by atoms with Crippen LogP contribution in [0.2, 0.25) is 0 Å². The molecule has 0 aliphatic heterocycles. The van der Waals surface area contributed by atoms with E-state index in [9.17, 15) is 4.79 Å². The van der Waals surface area contributed by atoms with E-state index in [1.807, 2.05) is 31.2 Å². The summed E-state index contributed by atoms with van der Waals surface area (Å²) in [5.74, 6) is -0.445. The number of aliphatic carboxylic acids is 1. The molecule has 1 aromatic carbocycles. The number of hydrogen-bond donors (Lipinski definition) is 1. The Labute approximate surface area is 92.6 Å². The van der Waals surface area contributed by atoms with E-state index in [0.717, 1.165) is 11.1 Å². The predicted octanol–water partition coefficient (Wildman–Crippen LogP) is 2.28. The van der Waals surface area contributed by atoms with Crippen LogP contribution in [0.4, 0.5) is 0 Å². The maximum atomic E-state index is 10.5. The highest BCUT2D eigenvalue weighted by Gasteiger charge is 2.10. The molecule has 82 valence electrons. The smallest absolute Gasteiger partial charge is 0.309 e. The number of carboxylic acids is 1. The standard InChI is InChI=1S/C12H11NO3/c1-8-4-2-3-5-10(8)12-13-9(7-16-12)6-11(14)15/h2-5,7H,6H2,1H3,(H,14,15). The third kappa shape index (κ3) is 2.11. The average molecular weight is 217 g/mol. The molecule has 2 aromatic rings. The molecule has 1 aromatic heterocycles. The molecular weight excluding hydrogens is 206 g/mol. The van der Waals surface area contributed by atoms with Crippen molar-refractivity contribution in [1.82, 2.24) is 4.98 Å². The topological polar surface area (TPSA) is 63.3 Å². The Morgan fingerprint density at radius 3 is 2.88 bits per heavy atom. The molecule has 0 spiro atoms. The van der Waals surface area contributed by atoms with Gasteiger partial charge in [-0.3, -0.25) is 4.79 Å². The van der Waals surface area contributed by atoms with Gasteiger partial charge in [0.2, 0.25) is 5.89 Å². The lowest BCUT2D eigenvalue weighted by Crippen LogP contribution is -1.99. The minimum absolute atomic E-state index is 0.116. The van der Waals surface area contributed by atoms with Crippen LogP contribution in [0, 0.1) is 6.92 Å². The molecule has 0 atom stereocenters. The third-order valence-corrected chi connectivity index (χ3v) is 2.26. The van der Waals surface area contributed by atoms with Gasteiger partial charge in [0.05, 0.1) is 12.1 Å². The largest absolute Gasteiger partial charge is 0.481 e. The minimum Gasteiger partial charge on any atom is -0.481 e. The van der Waals surface area contributed by atoms with Gasteiger partial charge in [0.1, 0.15) is 6.26 Å². The first-order valence-electron chi connectivity index (χ1n) is 4.89. The molecule has 0 radical (unpaired) electrons. The Bertz CT molecular complexity index is 516. The molecule has 0 amide bonds. The maximum absolute atomic E-state index is 10.5. The zero-order valence-corrected chi connectivity index (χ0v) is 8.80. The van der Waals surface area contributed by atoms with Crippen LogP contribution in [0.1, 0.15) is 11.3 Å². The second-order valence-electron chi connectivity index (χ2n) is 3.53. The van der Waals surface area contributed by atoms with Crippen LogP contribution in [-0.4, -0.2) is 16.1 Å². The van der Waals surface area contributed by atoms with Crippen LogP contribution < -0.4 is 0 Å². The number of hydrogen-bond acceptors (Lipinski definition) is 3. The molecule has 4 heteroatoms. The number of carbonyl (C=O) groups is 1. The van der Waals surface area contributed by atoms with Crippen LogP contribution in [0.15, 0.2) is 34.9 Å². The van der Waals surface area contributed by atoms with E-state index in [1.54, 1.807) is 0 Å². The van der Waals surface area contributed by atoms with Crippen LogP contribution >= 0.6 is 0 Å². The first kappa shape index (κ1) is 10.4. The monoisotopic (exact) mass is 217 g/mol. The number of rotatable bonds is 3. The first-order chi connectivity index (χ1) is 7.66. The van der Waals surface area contributed by atoms with Gasteiger partial charge in [-0.15, -0.1) is 0 Å². The van der Waals surface area contributed by atoms with Gasteiger partial charge < -0.3 is 9.52 Å².